The van der Waals surface area contributed by atoms with E-state index in [4.69, 9.17) is 0 Å². The van der Waals surface area contributed by atoms with E-state index in [0.29, 0.717) is 23.7 Å². The van der Waals surface area contributed by atoms with Crippen molar-refractivity contribution in [1.29, 1.82) is 0 Å². The van der Waals surface area contributed by atoms with Crippen LogP contribution in [0.3, 0.4) is 0 Å². The first kappa shape index (κ1) is 28.6. The third-order valence-electron chi connectivity index (χ3n) is 6.56. The fraction of sp³-hybridized carbons (Fsp3) is 0.485. The number of anilines is 1. The molecule has 2 rings (SSSR count). The van der Waals surface area contributed by atoms with Gasteiger partial charge in [0.1, 0.15) is 14.1 Å². The molecule has 0 N–H and O–H groups in total. The van der Waals surface area contributed by atoms with Crippen LogP contribution in [0.1, 0.15) is 83.9 Å². The van der Waals surface area contributed by atoms with Gasteiger partial charge in [-0.15, -0.1) is 0 Å². The number of hydrogen-bond donors (Lipinski definition) is 0. The summed E-state index contributed by atoms with van der Waals surface area (Å²) in [4.78, 5) is 2.27. The SMILES string of the molecule is CC(C)C1=CC(=C/C=C/C=C/c2cc(C(C)C)c(N(C)C)c(C(C)C)c2)C=C(C(C)C)C1=[N+](C)C. The maximum absolute atomic E-state index is 2.35. The standard InChI is InChI=1S/C33H49N2/c1-22(2)28-18-26(19-29(23(3)4)32(28)34(9)10)16-14-13-15-17-27-20-30(24(5)6)33(35(11)12)31(21-27)25(7)8/h13-25H,1-12H3/q+1. The lowest BCUT2D eigenvalue weighted by atomic mass is 9.82. The molecule has 0 saturated heterocycles. The molecule has 1 aliphatic carbocycles. The van der Waals surface area contributed by atoms with Crippen LogP contribution >= 0.6 is 0 Å². The van der Waals surface area contributed by atoms with E-state index in [2.05, 4.69) is 148 Å². The fourth-order valence-electron chi connectivity index (χ4n) is 4.79. The normalized spacial score (nSPS) is 14.7. The second kappa shape index (κ2) is 12.4. The molecule has 1 aromatic carbocycles. The van der Waals surface area contributed by atoms with Crippen LogP contribution in [-0.4, -0.2) is 38.5 Å². The first-order chi connectivity index (χ1) is 16.3. The Hall–Kier alpha value is -2.61. The molecule has 2 nitrogen and oxygen atoms in total. The van der Waals surface area contributed by atoms with Gasteiger partial charge in [0.2, 0.25) is 5.71 Å². The van der Waals surface area contributed by atoms with Crippen LogP contribution in [0.25, 0.3) is 6.08 Å². The van der Waals surface area contributed by atoms with Gasteiger partial charge in [0.25, 0.3) is 0 Å². The minimum atomic E-state index is 0.484. The second-order valence-electron chi connectivity index (χ2n) is 11.4. The molecule has 0 heterocycles. The molecule has 0 bridgehead atoms. The number of hydrogen-bond acceptors (Lipinski definition) is 1. The highest BCUT2D eigenvalue weighted by Crippen LogP contribution is 2.36. The quantitative estimate of drug-likeness (QED) is 0.271. The molecule has 0 atom stereocenters. The Balaban J connectivity index is 2.39. The third-order valence-corrected chi connectivity index (χ3v) is 6.56. The van der Waals surface area contributed by atoms with Crippen LogP contribution in [0.5, 0.6) is 0 Å². The molecule has 0 spiro atoms. The first-order valence-electron chi connectivity index (χ1n) is 13.2. The van der Waals surface area contributed by atoms with Gasteiger partial charge < -0.3 is 4.90 Å². The average Bonchev–Trinajstić information content (AvgIpc) is 2.76. The third kappa shape index (κ3) is 7.19. The van der Waals surface area contributed by atoms with Gasteiger partial charge >= 0.3 is 0 Å². The number of rotatable bonds is 8. The van der Waals surface area contributed by atoms with Gasteiger partial charge in [-0.1, -0.05) is 85.8 Å². The van der Waals surface area contributed by atoms with E-state index in [0.717, 1.165) is 0 Å². The number of nitrogens with zero attached hydrogens (tertiary/aromatic N) is 2. The van der Waals surface area contributed by atoms with Crippen molar-refractivity contribution in [3.8, 4) is 0 Å². The number of allylic oxidation sites excluding steroid dienone is 9. The summed E-state index contributed by atoms with van der Waals surface area (Å²) in [7, 11) is 8.62. The molecule has 0 aromatic heterocycles. The Morgan fingerprint density at radius 2 is 1.17 bits per heavy atom. The van der Waals surface area contributed by atoms with Crippen LogP contribution in [0.15, 0.2) is 65.3 Å². The number of benzene rings is 1. The minimum absolute atomic E-state index is 0.484. The zero-order chi connectivity index (χ0) is 26.4. The molecule has 0 unspecified atom stereocenters. The van der Waals surface area contributed by atoms with Gasteiger partial charge in [0, 0.05) is 30.9 Å². The van der Waals surface area contributed by atoms with Crippen molar-refractivity contribution in [3.63, 3.8) is 0 Å². The van der Waals surface area contributed by atoms with Gasteiger partial charge in [-0.05, 0) is 70.2 Å². The van der Waals surface area contributed by atoms with Crippen LogP contribution in [0.2, 0.25) is 0 Å². The zero-order valence-electron chi connectivity index (χ0n) is 24.4. The van der Waals surface area contributed by atoms with Gasteiger partial charge in [-0.2, -0.15) is 0 Å². The Bertz CT molecular complexity index is 1020. The largest absolute Gasteiger partial charge is 0.377 e. The summed E-state index contributed by atoms with van der Waals surface area (Å²) in [6.45, 7) is 18.3. The second-order valence-corrected chi connectivity index (χ2v) is 11.4. The molecule has 0 amide bonds. The Kier molecular flexibility index (Phi) is 10.1. The van der Waals surface area contributed by atoms with Crippen LogP contribution in [0, 0.1) is 11.8 Å². The van der Waals surface area contributed by atoms with Crippen molar-refractivity contribution in [2.24, 2.45) is 11.8 Å². The summed E-state index contributed by atoms with van der Waals surface area (Å²) < 4.78 is 2.27. The summed E-state index contributed by atoms with van der Waals surface area (Å²) in [5.74, 6) is 1.94. The average molecular weight is 474 g/mol. The molecular formula is C33H49N2+. The molecule has 1 aliphatic rings. The molecule has 0 radical (unpaired) electrons. The van der Waals surface area contributed by atoms with E-state index in [1.54, 1.807) is 0 Å². The Labute approximate surface area is 216 Å². The Morgan fingerprint density at radius 1 is 0.686 bits per heavy atom. The molecule has 2 heteroatoms. The van der Waals surface area contributed by atoms with Crippen molar-refractivity contribution >= 4 is 17.5 Å². The predicted molar refractivity (Wildman–Crippen MR) is 158 cm³/mol. The lowest BCUT2D eigenvalue weighted by molar-refractivity contribution is -0.463. The van der Waals surface area contributed by atoms with Gasteiger partial charge in [0.15, 0.2) is 0 Å². The van der Waals surface area contributed by atoms with Crippen LogP contribution in [0.4, 0.5) is 5.69 Å². The summed E-state index contributed by atoms with van der Waals surface area (Å²) in [5, 5.41) is 0. The van der Waals surface area contributed by atoms with Crippen molar-refractivity contribution in [1.82, 2.24) is 0 Å². The van der Waals surface area contributed by atoms with Crippen molar-refractivity contribution in [3.05, 3.63) is 82.0 Å². The van der Waals surface area contributed by atoms with E-state index >= 15 is 0 Å². The first-order valence-corrected chi connectivity index (χ1v) is 13.2. The molecule has 0 saturated carbocycles. The van der Waals surface area contributed by atoms with Crippen molar-refractivity contribution in [2.75, 3.05) is 33.1 Å². The van der Waals surface area contributed by atoms with E-state index in [9.17, 15) is 0 Å². The molecule has 190 valence electrons. The van der Waals surface area contributed by atoms with Gasteiger partial charge in [0.05, 0.1) is 0 Å². The highest BCUT2D eigenvalue weighted by molar-refractivity contribution is 6.11. The predicted octanol–water partition coefficient (Wildman–Crippen LogP) is 8.39. The van der Waals surface area contributed by atoms with E-state index < -0.39 is 0 Å². The molecule has 1 aromatic rings. The molecule has 0 fully saturated rings. The van der Waals surface area contributed by atoms with Crippen molar-refractivity contribution in [2.45, 2.75) is 67.2 Å². The van der Waals surface area contributed by atoms with E-state index in [-0.39, 0.29) is 0 Å². The topological polar surface area (TPSA) is 6.25 Å². The summed E-state index contributed by atoms with van der Waals surface area (Å²) in [6.07, 6.45) is 15.6. The van der Waals surface area contributed by atoms with E-state index in [1.807, 2.05) is 0 Å². The van der Waals surface area contributed by atoms with Gasteiger partial charge in [-0.25, -0.2) is 4.58 Å². The maximum Gasteiger partial charge on any atom is 0.206 e. The monoisotopic (exact) mass is 473 g/mol. The molecular weight excluding hydrogens is 424 g/mol. The minimum Gasteiger partial charge on any atom is -0.377 e. The fourth-order valence-corrected chi connectivity index (χ4v) is 4.79. The lowest BCUT2D eigenvalue weighted by Gasteiger charge is -2.26. The summed E-state index contributed by atoms with van der Waals surface area (Å²) in [6, 6.07) is 4.70. The molecule has 0 aliphatic heterocycles. The van der Waals surface area contributed by atoms with Crippen molar-refractivity contribution < 1.29 is 4.58 Å². The van der Waals surface area contributed by atoms with Crippen LogP contribution in [-0.2, 0) is 0 Å². The highest BCUT2D eigenvalue weighted by atomic mass is 15.1. The van der Waals surface area contributed by atoms with Gasteiger partial charge in [-0.3, -0.25) is 0 Å². The maximum atomic E-state index is 2.35. The highest BCUT2D eigenvalue weighted by Gasteiger charge is 2.27. The smallest absolute Gasteiger partial charge is 0.206 e. The summed E-state index contributed by atoms with van der Waals surface area (Å²) >= 11 is 0. The molecule has 35 heavy (non-hydrogen) atoms. The summed E-state index contributed by atoms with van der Waals surface area (Å²) in [5.41, 5.74) is 11.0. The lowest BCUT2D eigenvalue weighted by Crippen LogP contribution is -2.26. The van der Waals surface area contributed by atoms with Crippen LogP contribution < -0.4 is 4.90 Å². The Morgan fingerprint density at radius 3 is 1.54 bits per heavy atom. The van der Waals surface area contributed by atoms with E-state index in [1.165, 1.54) is 44.8 Å². The zero-order valence-corrected chi connectivity index (χ0v) is 24.4.